The highest BCUT2D eigenvalue weighted by Crippen LogP contribution is 2.22. The molecular formula is C10H11ClF2N2O3S. The van der Waals surface area contributed by atoms with Crippen molar-refractivity contribution in [3.8, 4) is 0 Å². The molecule has 0 saturated carbocycles. The average molecular weight is 313 g/mol. The fraction of sp³-hybridized carbons (Fsp3) is 0.300. The van der Waals surface area contributed by atoms with E-state index < -0.39 is 33.8 Å². The molecule has 1 aromatic rings. The molecule has 0 aliphatic carbocycles. The Labute approximate surface area is 114 Å². The van der Waals surface area contributed by atoms with E-state index in [2.05, 4.69) is 0 Å². The molecule has 0 aliphatic heterocycles. The molecule has 0 unspecified atom stereocenters. The smallest absolute Gasteiger partial charge is 0.255 e. The minimum Gasteiger partial charge on any atom is -0.336 e. The fourth-order valence-corrected chi connectivity index (χ4v) is 2.44. The monoisotopic (exact) mass is 312 g/mol. The summed E-state index contributed by atoms with van der Waals surface area (Å²) >= 11 is 5.65. The van der Waals surface area contributed by atoms with Crippen molar-refractivity contribution in [2.45, 2.75) is 11.3 Å². The van der Waals surface area contributed by atoms with Gasteiger partial charge >= 0.3 is 0 Å². The summed E-state index contributed by atoms with van der Waals surface area (Å²) in [6, 6.07) is 3.37. The predicted octanol–water partition coefficient (Wildman–Crippen LogP) is 1.32. The molecular weight excluding hydrogens is 302 g/mol. The Bertz CT molecular complexity index is 592. The minimum atomic E-state index is -4.09. The van der Waals surface area contributed by atoms with Crippen LogP contribution < -0.4 is 5.14 Å². The summed E-state index contributed by atoms with van der Waals surface area (Å²) in [4.78, 5) is 12.1. The number of carbonyl (C=O) groups excluding carboxylic acids is 1. The van der Waals surface area contributed by atoms with Crippen molar-refractivity contribution < 1.29 is 22.0 Å². The lowest BCUT2D eigenvalue weighted by Crippen LogP contribution is -2.31. The number of benzene rings is 1. The van der Waals surface area contributed by atoms with Crippen molar-refractivity contribution in [2.75, 3.05) is 13.6 Å². The molecule has 2 N–H and O–H groups in total. The molecule has 0 radical (unpaired) electrons. The van der Waals surface area contributed by atoms with Crippen LogP contribution in [0.1, 0.15) is 10.4 Å². The van der Waals surface area contributed by atoms with Crippen LogP contribution >= 0.6 is 11.6 Å². The second-order valence-electron chi connectivity index (χ2n) is 3.77. The number of amides is 1. The number of alkyl halides is 2. The zero-order valence-electron chi connectivity index (χ0n) is 9.81. The lowest BCUT2D eigenvalue weighted by Gasteiger charge is -2.17. The van der Waals surface area contributed by atoms with Crippen molar-refractivity contribution in [2.24, 2.45) is 5.14 Å². The van der Waals surface area contributed by atoms with Gasteiger partial charge in [-0.1, -0.05) is 11.6 Å². The van der Waals surface area contributed by atoms with Crippen LogP contribution in [-0.2, 0) is 10.0 Å². The molecule has 1 rings (SSSR count). The summed E-state index contributed by atoms with van der Waals surface area (Å²) in [7, 11) is -2.91. The molecule has 0 bridgehead atoms. The fourth-order valence-electron chi connectivity index (χ4n) is 1.36. The van der Waals surface area contributed by atoms with E-state index in [9.17, 15) is 22.0 Å². The maximum Gasteiger partial charge on any atom is 0.255 e. The molecule has 1 amide bonds. The van der Waals surface area contributed by atoms with E-state index in [4.69, 9.17) is 16.7 Å². The minimum absolute atomic E-state index is 0.0865. The van der Waals surface area contributed by atoms with Gasteiger partial charge in [0.25, 0.3) is 12.3 Å². The van der Waals surface area contributed by atoms with Crippen LogP contribution in [0.3, 0.4) is 0 Å². The highest BCUT2D eigenvalue weighted by atomic mass is 35.5. The van der Waals surface area contributed by atoms with Crippen molar-refractivity contribution in [3.05, 3.63) is 28.8 Å². The molecule has 0 aromatic heterocycles. The number of carbonyl (C=O) groups is 1. The summed E-state index contributed by atoms with van der Waals surface area (Å²) in [6.45, 7) is -0.758. The second kappa shape index (κ2) is 5.81. The summed E-state index contributed by atoms with van der Waals surface area (Å²) in [5.74, 6) is -0.748. The molecule has 0 atom stereocenters. The van der Waals surface area contributed by atoms with Gasteiger partial charge in [0.05, 0.1) is 11.6 Å². The van der Waals surface area contributed by atoms with Crippen LogP contribution in [0.15, 0.2) is 23.1 Å². The number of halogens is 3. The maximum absolute atomic E-state index is 12.2. The summed E-state index contributed by atoms with van der Waals surface area (Å²) in [5, 5.41) is 4.78. The van der Waals surface area contributed by atoms with Gasteiger partial charge in [-0.2, -0.15) is 0 Å². The van der Waals surface area contributed by atoms with Gasteiger partial charge in [0.15, 0.2) is 0 Å². The standard InChI is InChI=1S/C10H11ClF2N2O3S/c1-15(5-9(12)13)10(16)6-2-3-7(11)8(4-6)19(14,17)18/h2-4,9H,5H2,1H3,(H2,14,17,18). The van der Waals surface area contributed by atoms with Crippen molar-refractivity contribution >= 4 is 27.5 Å². The van der Waals surface area contributed by atoms with E-state index in [1.165, 1.54) is 19.2 Å². The number of sulfonamides is 1. The first-order valence-electron chi connectivity index (χ1n) is 4.99. The van der Waals surface area contributed by atoms with E-state index in [1.807, 2.05) is 0 Å². The third-order valence-corrected chi connectivity index (χ3v) is 3.64. The zero-order valence-corrected chi connectivity index (χ0v) is 11.4. The Hall–Kier alpha value is -1.25. The highest BCUT2D eigenvalue weighted by Gasteiger charge is 2.20. The van der Waals surface area contributed by atoms with Gasteiger partial charge in [-0.25, -0.2) is 22.3 Å². The Morgan fingerprint density at radius 1 is 1.47 bits per heavy atom. The number of primary sulfonamides is 1. The molecule has 5 nitrogen and oxygen atoms in total. The van der Waals surface area contributed by atoms with Gasteiger partial charge in [0.2, 0.25) is 10.0 Å². The third-order valence-electron chi connectivity index (χ3n) is 2.24. The first kappa shape index (κ1) is 15.8. The Morgan fingerprint density at radius 3 is 2.53 bits per heavy atom. The van der Waals surface area contributed by atoms with Crippen LogP contribution in [-0.4, -0.2) is 39.2 Å². The Balaban J connectivity index is 3.13. The summed E-state index contributed by atoms with van der Waals surface area (Å²) < 4.78 is 46.8. The van der Waals surface area contributed by atoms with Crippen LogP contribution in [0.5, 0.6) is 0 Å². The van der Waals surface area contributed by atoms with Gasteiger partial charge in [0, 0.05) is 12.6 Å². The maximum atomic E-state index is 12.2. The predicted molar refractivity (Wildman–Crippen MR) is 65.8 cm³/mol. The zero-order chi connectivity index (χ0) is 14.8. The van der Waals surface area contributed by atoms with E-state index in [0.29, 0.717) is 0 Å². The van der Waals surface area contributed by atoms with Crippen LogP contribution in [0.2, 0.25) is 5.02 Å². The molecule has 19 heavy (non-hydrogen) atoms. The molecule has 0 aliphatic rings. The normalized spacial score (nSPS) is 11.7. The average Bonchev–Trinajstić information content (AvgIpc) is 2.26. The number of rotatable bonds is 4. The number of hydrogen-bond acceptors (Lipinski definition) is 3. The topological polar surface area (TPSA) is 80.5 Å². The Kier molecular flexibility index (Phi) is 4.83. The van der Waals surface area contributed by atoms with Crippen molar-refractivity contribution in [1.82, 2.24) is 4.90 Å². The molecule has 0 heterocycles. The van der Waals surface area contributed by atoms with Crippen LogP contribution in [0.4, 0.5) is 8.78 Å². The van der Waals surface area contributed by atoms with E-state index in [-0.39, 0.29) is 10.6 Å². The molecule has 106 valence electrons. The Morgan fingerprint density at radius 2 is 2.05 bits per heavy atom. The second-order valence-corrected chi connectivity index (χ2v) is 5.70. The highest BCUT2D eigenvalue weighted by molar-refractivity contribution is 7.89. The van der Waals surface area contributed by atoms with Gasteiger partial charge in [-0.3, -0.25) is 4.79 Å². The molecule has 1 aromatic carbocycles. The SMILES string of the molecule is CN(CC(F)F)C(=O)c1ccc(Cl)c(S(N)(=O)=O)c1. The quantitative estimate of drug-likeness (QED) is 0.910. The summed E-state index contributed by atoms with van der Waals surface area (Å²) in [6.07, 6.45) is -2.68. The number of hydrogen-bond donors (Lipinski definition) is 1. The lowest BCUT2D eigenvalue weighted by atomic mass is 10.2. The van der Waals surface area contributed by atoms with Gasteiger partial charge in [-0.05, 0) is 18.2 Å². The first-order valence-corrected chi connectivity index (χ1v) is 6.91. The van der Waals surface area contributed by atoms with E-state index in [1.54, 1.807) is 0 Å². The molecule has 9 heteroatoms. The van der Waals surface area contributed by atoms with Gasteiger partial charge in [-0.15, -0.1) is 0 Å². The molecule has 0 saturated heterocycles. The first-order chi connectivity index (χ1) is 8.62. The van der Waals surface area contributed by atoms with Crippen molar-refractivity contribution in [3.63, 3.8) is 0 Å². The van der Waals surface area contributed by atoms with Crippen LogP contribution in [0.25, 0.3) is 0 Å². The van der Waals surface area contributed by atoms with Gasteiger partial charge < -0.3 is 4.90 Å². The largest absolute Gasteiger partial charge is 0.336 e. The van der Waals surface area contributed by atoms with Crippen LogP contribution in [0, 0.1) is 0 Å². The van der Waals surface area contributed by atoms with E-state index in [0.717, 1.165) is 11.0 Å². The lowest BCUT2D eigenvalue weighted by molar-refractivity contribution is 0.0620. The van der Waals surface area contributed by atoms with E-state index >= 15 is 0 Å². The number of nitrogens with two attached hydrogens (primary N) is 1. The van der Waals surface area contributed by atoms with Gasteiger partial charge in [0.1, 0.15) is 4.90 Å². The summed E-state index contributed by atoms with van der Waals surface area (Å²) in [5.41, 5.74) is -0.0865. The van der Waals surface area contributed by atoms with Crippen molar-refractivity contribution in [1.29, 1.82) is 0 Å². The third kappa shape index (κ3) is 4.12. The number of nitrogens with zero attached hydrogens (tertiary/aromatic N) is 1. The molecule has 0 spiro atoms. The molecule has 0 fully saturated rings.